The summed E-state index contributed by atoms with van der Waals surface area (Å²) < 4.78 is 16.6. The number of aromatic nitrogens is 2. The molecule has 2 heterocycles. The first-order valence-electron chi connectivity index (χ1n) is 7.68. The van der Waals surface area contributed by atoms with Gasteiger partial charge in [0.25, 0.3) is 0 Å². The van der Waals surface area contributed by atoms with Gasteiger partial charge in [-0.1, -0.05) is 25.9 Å². The summed E-state index contributed by atoms with van der Waals surface area (Å²) in [5.41, 5.74) is -0.0680. The van der Waals surface area contributed by atoms with Crippen LogP contribution in [0.1, 0.15) is 51.4 Å². The molecule has 6 nitrogen and oxygen atoms in total. The molecule has 0 saturated carbocycles. The van der Waals surface area contributed by atoms with E-state index in [0.717, 1.165) is 25.9 Å². The molecule has 1 aliphatic rings. The van der Waals surface area contributed by atoms with Crippen molar-refractivity contribution in [3.63, 3.8) is 0 Å². The van der Waals surface area contributed by atoms with E-state index in [4.69, 9.17) is 14.0 Å². The molecule has 0 spiro atoms. The number of methoxy groups -OCH3 is 1. The molecule has 0 bridgehead atoms. The maximum atomic E-state index is 5.85. The maximum Gasteiger partial charge on any atom is 0.229 e. The highest BCUT2D eigenvalue weighted by Gasteiger charge is 2.30. The Morgan fingerprint density at radius 1 is 1.33 bits per heavy atom. The minimum absolute atomic E-state index is 0.0680. The van der Waals surface area contributed by atoms with Crippen LogP contribution in [0.5, 0.6) is 0 Å². The van der Waals surface area contributed by atoms with E-state index in [0.29, 0.717) is 30.8 Å². The fourth-order valence-electron chi connectivity index (χ4n) is 2.60. The predicted octanol–water partition coefficient (Wildman–Crippen LogP) is 2.11. The SMILES string of the molecule is COC(c1noc(CCOC2CCNCC2)n1)C(C)(C)C. The quantitative estimate of drug-likeness (QED) is 0.867. The first-order valence-corrected chi connectivity index (χ1v) is 7.68. The van der Waals surface area contributed by atoms with E-state index in [1.54, 1.807) is 7.11 Å². The van der Waals surface area contributed by atoms with Crippen molar-refractivity contribution in [2.24, 2.45) is 5.41 Å². The maximum absolute atomic E-state index is 5.85. The Balaban J connectivity index is 1.82. The molecule has 6 heteroatoms. The molecule has 120 valence electrons. The van der Waals surface area contributed by atoms with Crippen molar-refractivity contribution in [1.82, 2.24) is 15.5 Å². The number of ether oxygens (including phenoxy) is 2. The van der Waals surface area contributed by atoms with E-state index in [-0.39, 0.29) is 11.5 Å². The molecule has 0 amide bonds. The van der Waals surface area contributed by atoms with E-state index in [1.807, 2.05) is 0 Å². The van der Waals surface area contributed by atoms with Gasteiger partial charge in [-0.3, -0.25) is 0 Å². The Kier molecular flexibility index (Phi) is 5.72. The molecule has 0 radical (unpaired) electrons. The van der Waals surface area contributed by atoms with Crippen molar-refractivity contribution in [1.29, 1.82) is 0 Å². The Morgan fingerprint density at radius 2 is 2.05 bits per heavy atom. The first kappa shape index (κ1) is 16.4. The summed E-state index contributed by atoms with van der Waals surface area (Å²) >= 11 is 0. The van der Waals surface area contributed by atoms with Crippen LogP contribution in [0.2, 0.25) is 0 Å². The summed E-state index contributed by atoms with van der Waals surface area (Å²) in [6.45, 7) is 8.98. The van der Waals surface area contributed by atoms with Gasteiger partial charge in [-0.05, 0) is 31.3 Å². The minimum Gasteiger partial charge on any atom is -0.378 e. The second kappa shape index (κ2) is 7.33. The lowest BCUT2D eigenvalue weighted by Crippen LogP contribution is -2.32. The molecule has 21 heavy (non-hydrogen) atoms. The number of hydrogen-bond donors (Lipinski definition) is 1. The lowest BCUT2D eigenvalue weighted by Gasteiger charge is -2.26. The van der Waals surface area contributed by atoms with Crippen LogP contribution in [0.4, 0.5) is 0 Å². The number of nitrogens with one attached hydrogen (secondary N) is 1. The van der Waals surface area contributed by atoms with Crippen molar-refractivity contribution in [3.8, 4) is 0 Å². The zero-order chi connectivity index (χ0) is 15.3. The van der Waals surface area contributed by atoms with Gasteiger partial charge < -0.3 is 19.3 Å². The fourth-order valence-corrected chi connectivity index (χ4v) is 2.60. The van der Waals surface area contributed by atoms with Gasteiger partial charge in [0.15, 0.2) is 0 Å². The molecule has 0 aromatic carbocycles. The van der Waals surface area contributed by atoms with Crippen LogP contribution in [-0.4, -0.2) is 43.1 Å². The average molecular weight is 297 g/mol. The third-order valence-electron chi connectivity index (χ3n) is 3.70. The lowest BCUT2D eigenvalue weighted by molar-refractivity contribution is 0.00718. The highest BCUT2D eigenvalue weighted by atomic mass is 16.5. The summed E-state index contributed by atoms with van der Waals surface area (Å²) in [7, 11) is 1.67. The molecule has 1 aromatic rings. The van der Waals surface area contributed by atoms with Crippen LogP contribution in [0.15, 0.2) is 4.52 Å². The van der Waals surface area contributed by atoms with Crippen molar-refractivity contribution < 1.29 is 14.0 Å². The van der Waals surface area contributed by atoms with E-state index < -0.39 is 0 Å². The fraction of sp³-hybridized carbons (Fsp3) is 0.867. The number of nitrogens with zero attached hydrogens (tertiary/aromatic N) is 2. The molecule has 1 aromatic heterocycles. The van der Waals surface area contributed by atoms with E-state index in [9.17, 15) is 0 Å². The predicted molar refractivity (Wildman–Crippen MR) is 79.1 cm³/mol. The summed E-state index contributed by atoms with van der Waals surface area (Å²) in [5, 5.41) is 7.37. The Morgan fingerprint density at radius 3 is 2.67 bits per heavy atom. The normalized spacial score (nSPS) is 18.9. The van der Waals surface area contributed by atoms with Gasteiger partial charge in [-0.15, -0.1) is 0 Å². The smallest absolute Gasteiger partial charge is 0.229 e. The summed E-state index contributed by atoms with van der Waals surface area (Å²) in [4.78, 5) is 4.44. The molecule has 0 aliphatic carbocycles. The largest absolute Gasteiger partial charge is 0.378 e. The molecule has 2 rings (SSSR count). The molecule has 1 atom stereocenters. The highest BCUT2D eigenvalue weighted by molar-refractivity contribution is 4.96. The van der Waals surface area contributed by atoms with Gasteiger partial charge in [0.05, 0.1) is 19.1 Å². The molecule has 1 saturated heterocycles. The highest BCUT2D eigenvalue weighted by Crippen LogP contribution is 2.33. The van der Waals surface area contributed by atoms with Gasteiger partial charge in [0, 0.05) is 7.11 Å². The van der Waals surface area contributed by atoms with Crippen LogP contribution >= 0.6 is 0 Å². The first-order chi connectivity index (χ1) is 10.0. The number of rotatable bonds is 6. The van der Waals surface area contributed by atoms with Gasteiger partial charge in [0.1, 0.15) is 6.10 Å². The standard InChI is InChI=1S/C15H27N3O3/c1-15(2,3)13(19-4)14-17-12(21-18-14)7-10-20-11-5-8-16-9-6-11/h11,13,16H,5-10H2,1-4H3. The van der Waals surface area contributed by atoms with Gasteiger partial charge in [-0.2, -0.15) is 4.98 Å². The monoisotopic (exact) mass is 297 g/mol. The summed E-state index contributed by atoms with van der Waals surface area (Å²) in [6.07, 6.45) is 2.99. The third-order valence-corrected chi connectivity index (χ3v) is 3.70. The van der Waals surface area contributed by atoms with Crippen LogP contribution in [0.25, 0.3) is 0 Å². The van der Waals surface area contributed by atoms with Crippen LogP contribution in [-0.2, 0) is 15.9 Å². The second-order valence-corrected chi connectivity index (χ2v) is 6.60. The third kappa shape index (κ3) is 4.76. The topological polar surface area (TPSA) is 69.4 Å². The van der Waals surface area contributed by atoms with E-state index in [2.05, 4.69) is 36.2 Å². The molecular formula is C15H27N3O3. The molecule has 1 fully saturated rings. The van der Waals surface area contributed by atoms with Crippen LogP contribution in [0.3, 0.4) is 0 Å². The Labute approximate surface area is 126 Å². The summed E-state index contributed by atoms with van der Waals surface area (Å²) in [5.74, 6) is 1.23. The molecule has 1 aliphatic heterocycles. The van der Waals surface area contributed by atoms with Crippen LogP contribution < -0.4 is 5.32 Å². The lowest BCUT2D eigenvalue weighted by atomic mass is 9.88. The summed E-state index contributed by atoms with van der Waals surface area (Å²) in [6, 6.07) is 0. The second-order valence-electron chi connectivity index (χ2n) is 6.60. The van der Waals surface area contributed by atoms with Gasteiger partial charge in [-0.25, -0.2) is 0 Å². The average Bonchev–Trinajstić information content (AvgIpc) is 2.87. The van der Waals surface area contributed by atoms with Crippen molar-refractivity contribution >= 4 is 0 Å². The van der Waals surface area contributed by atoms with Crippen LogP contribution in [0, 0.1) is 5.41 Å². The van der Waals surface area contributed by atoms with E-state index >= 15 is 0 Å². The number of hydrogen-bond acceptors (Lipinski definition) is 6. The van der Waals surface area contributed by atoms with Crippen molar-refractivity contribution in [2.45, 2.75) is 52.2 Å². The zero-order valence-electron chi connectivity index (χ0n) is 13.5. The molecule has 1 unspecified atom stereocenters. The van der Waals surface area contributed by atoms with Gasteiger partial charge >= 0.3 is 0 Å². The van der Waals surface area contributed by atoms with Gasteiger partial charge in [0.2, 0.25) is 11.7 Å². The van der Waals surface area contributed by atoms with E-state index in [1.165, 1.54) is 0 Å². The Hall–Kier alpha value is -0.980. The van der Waals surface area contributed by atoms with Crippen molar-refractivity contribution in [2.75, 3.05) is 26.8 Å². The zero-order valence-corrected chi connectivity index (χ0v) is 13.5. The number of piperidine rings is 1. The van der Waals surface area contributed by atoms with Crippen molar-refractivity contribution in [3.05, 3.63) is 11.7 Å². The minimum atomic E-state index is -0.166. The molecule has 1 N–H and O–H groups in total. The Bertz CT molecular complexity index is 422. The molecular weight excluding hydrogens is 270 g/mol.